The SMILES string of the molecule is Cc1cccc(C(=O)Nc2cc(C)nn2-c2ccccc2)c1. The van der Waals surface area contributed by atoms with Crippen molar-refractivity contribution in [3.8, 4) is 5.69 Å². The van der Waals surface area contributed by atoms with Crippen LogP contribution in [0.3, 0.4) is 0 Å². The van der Waals surface area contributed by atoms with E-state index in [1.807, 2.05) is 68.4 Å². The van der Waals surface area contributed by atoms with Crippen molar-refractivity contribution in [1.82, 2.24) is 9.78 Å². The molecule has 3 aromatic rings. The molecule has 0 radical (unpaired) electrons. The second-order valence-electron chi connectivity index (χ2n) is 5.24. The number of hydrogen-bond acceptors (Lipinski definition) is 2. The zero-order valence-electron chi connectivity index (χ0n) is 12.6. The van der Waals surface area contributed by atoms with Crippen LogP contribution in [0.15, 0.2) is 60.7 Å². The van der Waals surface area contributed by atoms with Crippen molar-refractivity contribution in [2.45, 2.75) is 13.8 Å². The molecule has 1 aromatic heterocycles. The van der Waals surface area contributed by atoms with Gasteiger partial charge in [0.15, 0.2) is 0 Å². The molecule has 0 unspecified atom stereocenters. The Labute approximate surface area is 129 Å². The quantitative estimate of drug-likeness (QED) is 0.799. The number of amides is 1. The summed E-state index contributed by atoms with van der Waals surface area (Å²) in [6.07, 6.45) is 0. The number of benzene rings is 2. The fraction of sp³-hybridized carbons (Fsp3) is 0.111. The Bertz CT molecular complexity index is 806. The highest BCUT2D eigenvalue weighted by molar-refractivity contribution is 6.04. The first-order valence-corrected chi connectivity index (χ1v) is 7.13. The monoisotopic (exact) mass is 291 g/mol. The number of aryl methyl sites for hydroxylation is 2. The lowest BCUT2D eigenvalue weighted by Gasteiger charge is -2.09. The van der Waals surface area contributed by atoms with E-state index in [1.165, 1.54) is 0 Å². The second-order valence-corrected chi connectivity index (χ2v) is 5.24. The van der Waals surface area contributed by atoms with E-state index in [2.05, 4.69) is 10.4 Å². The van der Waals surface area contributed by atoms with Crippen molar-refractivity contribution in [3.05, 3.63) is 77.5 Å². The van der Waals surface area contributed by atoms with Gasteiger partial charge in [0.25, 0.3) is 5.91 Å². The molecule has 0 atom stereocenters. The molecular formula is C18H17N3O. The standard InChI is InChI=1S/C18H17N3O/c1-13-7-6-8-15(11-13)18(22)19-17-12-14(2)20-21(17)16-9-4-3-5-10-16/h3-12H,1-2H3,(H,19,22). The van der Waals surface area contributed by atoms with E-state index in [4.69, 9.17) is 0 Å². The third-order valence-corrected chi connectivity index (χ3v) is 3.35. The molecule has 0 saturated carbocycles. The summed E-state index contributed by atoms with van der Waals surface area (Å²) >= 11 is 0. The average Bonchev–Trinajstić information content (AvgIpc) is 2.88. The Kier molecular flexibility index (Phi) is 3.74. The van der Waals surface area contributed by atoms with Gasteiger partial charge >= 0.3 is 0 Å². The fourth-order valence-corrected chi connectivity index (χ4v) is 2.33. The molecule has 2 aromatic carbocycles. The normalized spacial score (nSPS) is 10.5. The molecular weight excluding hydrogens is 274 g/mol. The maximum Gasteiger partial charge on any atom is 0.256 e. The highest BCUT2D eigenvalue weighted by Crippen LogP contribution is 2.18. The predicted octanol–water partition coefficient (Wildman–Crippen LogP) is 3.74. The largest absolute Gasteiger partial charge is 0.306 e. The van der Waals surface area contributed by atoms with Crippen LogP contribution < -0.4 is 5.32 Å². The summed E-state index contributed by atoms with van der Waals surface area (Å²) < 4.78 is 1.74. The van der Waals surface area contributed by atoms with Gasteiger partial charge in [0.1, 0.15) is 5.82 Å². The van der Waals surface area contributed by atoms with Crippen molar-refractivity contribution in [3.63, 3.8) is 0 Å². The summed E-state index contributed by atoms with van der Waals surface area (Å²) in [6, 6.07) is 19.1. The lowest BCUT2D eigenvalue weighted by molar-refractivity contribution is 0.102. The van der Waals surface area contributed by atoms with Crippen LogP contribution in [0.2, 0.25) is 0 Å². The van der Waals surface area contributed by atoms with Crippen molar-refractivity contribution in [2.75, 3.05) is 5.32 Å². The maximum atomic E-state index is 12.4. The molecule has 0 aliphatic carbocycles. The minimum absolute atomic E-state index is 0.138. The smallest absolute Gasteiger partial charge is 0.256 e. The first-order chi connectivity index (χ1) is 10.6. The molecule has 0 bridgehead atoms. The molecule has 4 heteroatoms. The van der Waals surface area contributed by atoms with Gasteiger partial charge in [-0.15, -0.1) is 0 Å². The van der Waals surface area contributed by atoms with Crippen LogP contribution in [-0.4, -0.2) is 15.7 Å². The van der Waals surface area contributed by atoms with Crippen molar-refractivity contribution < 1.29 is 4.79 Å². The molecule has 0 fully saturated rings. The summed E-state index contributed by atoms with van der Waals surface area (Å²) in [4.78, 5) is 12.4. The zero-order chi connectivity index (χ0) is 15.5. The summed E-state index contributed by atoms with van der Waals surface area (Å²) in [5, 5.41) is 7.38. The van der Waals surface area contributed by atoms with Crippen LogP contribution in [0.25, 0.3) is 5.69 Å². The van der Waals surface area contributed by atoms with E-state index in [9.17, 15) is 4.79 Å². The zero-order valence-corrected chi connectivity index (χ0v) is 12.6. The van der Waals surface area contributed by atoms with Gasteiger partial charge in [-0.25, -0.2) is 4.68 Å². The Balaban J connectivity index is 1.92. The number of anilines is 1. The number of aromatic nitrogens is 2. The predicted molar refractivity (Wildman–Crippen MR) is 87.4 cm³/mol. The van der Waals surface area contributed by atoms with Gasteiger partial charge in [-0.2, -0.15) is 5.10 Å². The summed E-state index contributed by atoms with van der Waals surface area (Å²) in [5.41, 5.74) is 3.46. The number of nitrogens with one attached hydrogen (secondary N) is 1. The molecule has 0 saturated heterocycles. The Morgan fingerprint density at radius 1 is 1.00 bits per heavy atom. The summed E-state index contributed by atoms with van der Waals surface area (Å²) in [5.74, 6) is 0.524. The Morgan fingerprint density at radius 2 is 1.77 bits per heavy atom. The first kappa shape index (κ1) is 14.1. The molecule has 22 heavy (non-hydrogen) atoms. The van der Waals surface area contributed by atoms with Crippen molar-refractivity contribution in [1.29, 1.82) is 0 Å². The molecule has 0 aliphatic rings. The molecule has 1 N–H and O–H groups in total. The van der Waals surface area contributed by atoms with Crippen LogP contribution in [0, 0.1) is 13.8 Å². The van der Waals surface area contributed by atoms with E-state index in [0.29, 0.717) is 11.4 Å². The van der Waals surface area contributed by atoms with Crippen LogP contribution in [0.4, 0.5) is 5.82 Å². The molecule has 1 amide bonds. The van der Waals surface area contributed by atoms with Gasteiger partial charge in [0.2, 0.25) is 0 Å². The van der Waals surface area contributed by atoms with Crippen molar-refractivity contribution >= 4 is 11.7 Å². The lowest BCUT2D eigenvalue weighted by atomic mass is 10.1. The molecule has 1 heterocycles. The van der Waals surface area contributed by atoms with Crippen LogP contribution in [-0.2, 0) is 0 Å². The Morgan fingerprint density at radius 3 is 2.50 bits per heavy atom. The van der Waals surface area contributed by atoms with Gasteiger partial charge in [-0.1, -0.05) is 35.9 Å². The number of carbonyl (C=O) groups is 1. The minimum atomic E-state index is -0.138. The van der Waals surface area contributed by atoms with Gasteiger partial charge in [0.05, 0.1) is 11.4 Å². The molecule has 0 spiro atoms. The van der Waals surface area contributed by atoms with E-state index < -0.39 is 0 Å². The van der Waals surface area contributed by atoms with Gasteiger partial charge < -0.3 is 5.32 Å². The lowest BCUT2D eigenvalue weighted by Crippen LogP contribution is -2.15. The highest BCUT2D eigenvalue weighted by atomic mass is 16.1. The van der Waals surface area contributed by atoms with Gasteiger partial charge in [-0.3, -0.25) is 4.79 Å². The average molecular weight is 291 g/mol. The fourth-order valence-electron chi connectivity index (χ4n) is 2.33. The molecule has 0 aliphatic heterocycles. The first-order valence-electron chi connectivity index (χ1n) is 7.13. The summed E-state index contributed by atoms with van der Waals surface area (Å²) in [7, 11) is 0. The minimum Gasteiger partial charge on any atom is -0.306 e. The number of nitrogens with zero attached hydrogens (tertiary/aromatic N) is 2. The third kappa shape index (κ3) is 2.91. The van der Waals surface area contributed by atoms with Crippen LogP contribution in [0.1, 0.15) is 21.6 Å². The number of para-hydroxylation sites is 1. The van der Waals surface area contributed by atoms with Gasteiger partial charge in [0, 0.05) is 11.6 Å². The number of hydrogen-bond donors (Lipinski definition) is 1. The topological polar surface area (TPSA) is 46.9 Å². The number of rotatable bonds is 3. The maximum absolute atomic E-state index is 12.4. The van der Waals surface area contributed by atoms with E-state index >= 15 is 0 Å². The summed E-state index contributed by atoms with van der Waals surface area (Å²) in [6.45, 7) is 3.87. The van der Waals surface area contributed by atoms with E-state index in [1.54, 1.807) is 10.7 Å². The number of carbonyl (C=O) groups excluding carboxylic acids is 1. The molecule has 4 nitrogen and oxygen atoms in total. The highest BCUT2D eigenvalue weighted by Gasteiger charge is 2.12. The molecule has 3 rings (SSSR count). The molecule has 110 valence electrons. The second kappa shape index (κ2) is 5.85. The van der Waals surface area contributed by atoms with E-state index in [-0.39, 0.29) is 5.91 Å². The van der Waals surface area contributed by atoms with E-state index in [0.717, 1.165) is 16.9 Å². The van der Waals surface area contributed by atoms with Crippen molar-refractivity contribution in [2.24, 2.45) is 0 Å². The Hall–Kier alpha value is -2.88. The van der Waals surface area contributed by atoms with Gasteiger partial charge in [-0.05, 0) is 38.1 Å². The van der Waals surface area contributed by atoms with Crippen LogP contribution >= 0.6 is 0 Å². The third-order valence-electron chi connectivity index (χ3n) is 3.35. The van der Waals surface area contributed by atoms with Crippen LogP contribution in [0.5, 0.6) is 0 Å².